The smallest absolute Gasteiger partial charge is 0.307 e. The first kappa shape index (κ1) is 16.1. The molecule has 1 aliphatic rings. The summed E-state index contributed by atoms with van der Waals surface area (Å²) in [5, 5.41) is 19.6. The van der Waals surface area contributed by atoms with Crippen LogP contribution < -0.4 is 0 Å². The van der Waals surface area contributed by atoms with Crippen LogP contribution in [0.3, 0.4) is 0 Å². The van der Waals surface area contributed by atoms with Gasteiger partial charge in [-0.25, -0.2) is 0 Å². The molecule has 1 fully saturated rings. The van der Waals surface area contributed by atoms with Crippen LogP contribution in [0.2, 0.25) is 0 Å². The van der Waals surface area contributed by atoms with Gasteiger partial charge >= 0.3 is 5.97 Å². The summed E-state index contributed by atoms with van der Waals surface area (Å²) < 4.78 is 0. The zero-order valence-electron chi connectivity index (χ0n) is 12.1. The van der Waals surface area contributed by atoms with Crippen molar-refractivity contribution in [2.24, 2.45) is 5.92 Å². The number of likely N-dealkylation sites (tertiary alicyclic amines) is 1. The van der Waals surface area contributed by atoms with Crippen molar-refractivity contribution in [1.29, 1.82) is 0 Å². The zero-order chi connectivity index (χ0) is 16.1. The van der Waals surface area contributed by atoms with Crippen molar-refractivity contribution < 1.29 is 19.6 Å². The molecule has 1 unspecified atom stereocenters. The average Bonchev–Trinajstić information content (AvgIpc) is 2.53. The second kappa shape index (κ2) is 7.13. The summed E-state index contributed by atoms with van der Waals surface area (Å²) >= 11 is 0. The first-order valence-corrected chi connectivity index (χ1v) is 7.20. The Labute approximate surface area is 127 Å². The number of benzene rings is 1. The molecule has 0 spiro atoms. The first-order chi connectivity index (χ1) is 10.5. The van der Waals surface area contributed by atoms with Gasteiger partial charge < -0.3 is 10.0 Å². The lowest BCUT2D eigenvalue weighted by molar-refractivity contribution is -0.384. The summed E-state index contributed by atoms with van der Waals surface area (Å²) in [6.07, 6.45) is 1.79. The molecule has 0 aliphatic carbocycles. The van der Waals surface area contributed by atoms with Crippen LogP contribution in [0.5, 0.6) is 0 Å². The number of carboxylic acid groups (broad SMARTS) is 1. The van der Waals surface area contributed by atoms with E-state index in [1.54, 1.807) is 0 Å². The molecule has 0 bridgehead atoms. The summed E-state index contributed by atoms with van der Waals surface area (Å²) in [5.74, 6) is -1.23. The van der Waals surface area contributed by atoms with Gasteiger partial charge in [0.2, 0.25) is 0 Å². The molecule has 0 amide bonds. The third kappa shape index (κ3) is 4.11. The summed E-state index contributed by atoms with van der Waals surface area (Å²) in [6.45, 7) is 1.79. The fourth-order valence-corrected chi connectivity index (χ4v) is 2.63. The van der Waals surface area contributed by atoms with Crippen molar-refractivity contribution in [2.45, 2.75) is 19.3 Å². The molecule has 22 heavy (non-hydrogen) atoms. The average molecular weight is 306 g/mol. The van der Waals surface area contributed by atoms with Gasteiger partial charge in [-0.05, 0) is 31.5 Å². The van der Waals surface area contributed by atoms with Crippen molar-refractivity contribution in [2.75, 3.05) is 19.6 Å². The van der Waals surface area contributed by atoms with Crippen LogP contribution in [0.25, 0.3) is 0 Å². The highest BCUT2D eigenvalue weighted by Gasteiger charge is 2.25. The van der Waals surface area contributed by atoms with E-state index in [1.165, 1.54) is 24.3 Å². The van der Waals surface area contributed by atoms with Gasteiger partial charge in [-0.2, -0.15) is 0 Å². The van der Waals surface area contributed by atoms with Crippen molar-refractivity contribution in [3.63, 3.8) is 0 Å². The predicted molar refractivity (Wildman–Crippen MR) is 78.8 cm³/mol. The molecule has 1 atom stereocenters. The van der Waals surface area contributed by atoms with E-state index < -0.39 is 10.9 Å². The Hall–Kier alpha value is -2.28. The molecule has 1 heterocycles. The summed E-state index contributed by atoms with van der Waals surface area (Å²) in [7, 11) is 0. The number of nitro groups is 1. The normalized spacial score (nSPS) is 18.8. The largest absolute Gasteiger partial charge is 0.481 e. The number of hydrogen-bond donors (Lipinski definition) is 1. The van der Waals surface area contributed by atoms with E-state index in [9.17, 15) is 19.7 Å². The standard InChI is InChI=1S/C15H18N2O5/c18-14(11-3-5-13(6-4-11)17(21)22)7-9-16-8-1-2-12(10-16)15(19)20/h3-6,12H,1-2,7-10H2,(H,19,20). The maximum absolute atomic E-state index is 12.1. The van der Waals surface area contributed by atoms with Gasteiger partial charge in [-0.3, -0.25) is 19.7 Å². The number of hydrogen-bond acceptors (Lipinski definition) is 5. The minimum absolute atomic E-state index is 0.0446. The minimum Gasteiger partial charge on any atom is -0.481 e. The number of carbonyl (C=O) groups excluding carboxylic acids is 1. The summed E-state index contributed by atoms with van der Waals surface area (Å²) in [6, 6.07) is 5.54. The van der Waals surface area contributed by atoms with Crippen molar-refractivity contribution in [3.05, 3.63) is 39.9 Å². The monoisotopic (exact) mass is 306 g/mol. The molecular formula is C15H18N2O5. The molecule has 2 rings (SSSR count). The second-order valence-electron chi connectivity index (χ2n) is 5.46. The Kier molecular flexibility index (Phi) is 5.21. The number of nitrogens with zero attached hydrogens (tertiary/aromatic N) is 2. The van der Waals surface area contributed by atoms with E-state index in [2.05, 4.69) is 0 Å². The third-order valence-electron chi connectivity index (χ3n) is 3.91. The van der Waals surface area contributed by atoms with Gasteiger partial charge in [-0.15, -0.1) is 0 Å². The fraction of sp³-hybridized carbons (Fsp3) is 0.467. The Morgan fingerprint density at radius 2 is 2.00 bits per heavy atom. The van der Waals surface area contributed by atoms with Crippen LogP contribution in [0.4, 0.5) is 5.69 Å². The third-order valence-corrected chi connectivity index (χ3v) is 3.91. The van der Waals surface area contributed by atoms with Crippen molar-refractivity contribution in [1.82, 2.24) is 4.90 Å². The van der Waals surface area contributed by atoms with Gasteiger partial charge in [0, 0.05) is 37.2 Å². The lowest BCUT2D eigenvalue weighted by Crippen LogP contribution is -2.39. The molecule has 1 aromatic rings. The minimum atomic E-state index is -0.786. The van der Waals surface area contributed by atoms with E-state index in [4.69, 9.17) is 5.11 Å². The summed E-state index contributed by atoms with van der Waals surface area (Å²) in [5.41, 5.74) is 0.397. The van der Waals surface area contributed by atoms with Gasteiger partial charge in [0.25, 0.3) is 5.69 Å². The second-order valence-corrected chi connectivity index (χ2v) is 5.46. The molecule has 7 nitrogen and oxygen atoms in total. The van der Waals surface area contributed by atoms with Gasteiger partial charge in [0.05, 0.1) is 10.8 Å². The van der Waals surface area contributed by atoms with E-state index in [1.807, 2.05) is 4.90 Å². The Balaban J connectivity index is 1.87. The number of carboxylic acids is 1. The molecule has 7 heteroatoms. The first-order valence-electron chi connectivity index (χ1n) is 7.20. The number of ketones is 1. The fourth-order valence-electron chi connectivity index (χ4n) is 2.63. The zero-order valence-corrected chi connectivity index (χ0v) is 12.1. The molecule has 1 N–H and O–H groups in total. The molecule has 1 aromatic carbocycles. The van der Waals surface area contributed by atoms with Crippen LogP contribution in [-0.4, -0.2) is 46.3 Å². The number of rotatable bonds is 6. The van der Waals surface area contributed by atoms with Crippen molar-refractivity contribution in [3.8, 4) is 0 Å². The quantitative estimate of drug-likeness (QED) is 0.490. The number of piperidine rings is 1. The molecule has 0 aromatic heterocycles. The Morgan fingerprint density at radius 3 is 2.59 bits per heavy atom. The van der Waals surface area contributed by atoms with E-state index >= 15 is 0 Å². The molecule has 118 valence electrons. The van der Waals surface area contributed by atoms with Crippen LogP contribution in [0.1, 0.15) is 29.6 Å². The number of aliphatic carboxylic acids is 1. The van der Waals surface area contributed by atoms with Gasteiger partial charge in [-0.1, -0.05) is 0 Å². The highest BCUT2D eigenvalue weighted by molar-refractivity contribution is 5.96. The highest BCUT2D eigenvalue weighted by atomic mass is 16.6. The number of Topliss-reactive ketones (excluding diaryl/α,β-unsaturated/α-hetero) is 1. The molecule has 0 radical (unpaired) electrons. The van der Waals surface area contributed by atoms with E-state index in [0.717, 1.165) is 13.0 Å². The van der Waals surface area contributed by atoms with Crippen LogP contribution in [-0.2, 0) is 4.79 Å². The SMILES string of the molecule is O=C(CCN1CCCC(C(=O)O)C1)c1ccc([N+](=O)[O-])cc1. The maximum atomic E-state index is 12.1. The van der Waals surface area contributed by atoms with Crippen LogP contribution in [0.15, 0.2) is 24.3 Å². The lowest BCUT2D eigenvalue weighted by Gasteiger charge is -2.30. The highest BCUT2D eigenvalue weighted by Crippen LogP contribution is 2.18. The molecular weight excluding hydrogens is 288 g/mol. The van der Waals surface area contributed by atoms with E-state index in [0.29, 0.717) is 25.1 Å². The number of non-ortho nitro benzene ring substituents is 1. The summed E-state index contributed by atoms with van der Waals surface area (Å²) in [4.78, 5) is 35.1. The van der Waals surface area contributed by atoms with Gasteiger partial charge in [0.1, 0.15) is 0 Å². The predicted octanol–water partition coefficient (Wildman–Crippen LogP) is 1.96. The van der Waals surface area contributed by atoms with Gasteiger partial charge in [0.15, 0.2) is 5.78 Å². The molecule has 0 saturated carbocycles. The maximum Gasteiger partial charge on any atom is 0.307 e. The van der Waals surface area contributed by atoms with Crippen LogP contribution in [0, 0.1) is 16.0 Å². The molecule has 1 aliphatic heterocycles. The van der Waals surface area contributed by atoms with E-state index in [-0.39, 0.29) is 23.8 Å². The number of carbonyl (C=O) groups is 2. The molecule has 1 saturated heterocycles. The van der Waals surface area contributed by atoms with Crippen molar-refractivity contribution >= 4 is 17.4 Å². The Morgan fingerprint density at radius 1 is 1.32 bits per heavy atom. The van der Waals surface area contributed by atoms with Crippen LogP contribution >= 0.6 is 0 Å². The topological polar surface area (TPSA) is 101 Å². The lowest BCUT2D eigenvalue weighted by atomic mass is 9.98. The number of nitro benzene ring substituents is 1. The Bertz CT molecular complexity index is 570.